The number of methoxy groups -OCH3 is 1. The standard InChI is InChI=1S/C24H18F2N4O7S/c1-35-20-11-15(30(33)34)6-9-18(20)27-21(31)13-38-24-28-19(12-17-3-2-10-36-17)22(32)29(24)14-4-7-16(8-5-14)37-23(25)26/h2-12,23H,13H2,1H3,(H,27,31)/b19-12+. The third-order valence-electron chi connectivity index (χ3n) is 4.97. The van der Waals surface area contributed by atoms with E-state index in [0.29, 0.717) is 11.4 Å². The fraction of sp³-hybridized carbons (Fsp3) is 0.125. The Kier molecular flexibility index (Phi) is 8.01. The van der Waals surface area contributed by atoms with Gasteiger partial charge in [0, 0.05) is 12.1 Å². The number of nitro groups is 1. The van der Waals surface area contributed by atoms with Crippen LogP contribution in [0.25, 0.3) is 6.08 Å². The van der Waals surface area contributed by atoms with E-state index in [1.54, 1.807) is 12.1 Å². The van der Waals surface area contributed by atoms with E-state index in [2.05, 4.69) is 15.0 Å². The predicted molar refractivity (Wildman–Crippen MR) is 135 cm³/mol. The molecule has 0 spiro atoms. The number of benzene rings is 2. The molecule has 11 nitrogen and oxygen atoms in total. The average molecular weight is 544 g/mol. The molecule has 1 N–H and O–H groups in total. The maximum absolute atomic E-state index is 13.2. The lowest BCUT2D eigenvalue weighted by Crippen LogP contribution is -2.31. The SMILES string of the molecule is COc1cc([N+](=O)[O-])ccc1NC(=O)CSC1=N/C(=C/c2ccco2)C(=O)N1c1ccc(OC(F)F)cc1. The molecule has 2 aromatic carbocycles. The minimum absolute atomic E-state index is 0.0350. The van der Waals surface area contributed by atoms with Gasteiger partial charge in [-0.05, 0) is 42.5 Å². The highest BCUT2D eigenvalue weighted by Crippen LogP contribution is 2.32. The first-order chi connectivity index (χ1) is 18.2. The Morgan fingerprint density at radius 1 is 1.26 bits per heavy atom. The number of carbonyl (C=O) groups excluding carboxylic acids is 2. The maximum Gasteiger partial charge on any atom is 0.387 e. The molecule has 3 aromatic rings. The van der Waals surface area contributed by atoms with Gasteiger partial charge in [-0.25, -0.2) is 4.99 Å². The minimum Gasteiger partial charge on any atom is -0.494 e. The molecule has 0 fully saturated rings. The molecule has 0 unspecified atom stereocenters. The Morgan fingerprint density at radius 3 is 2.66 bits per heavy atom. The summed E-state index contributed by atoms with van der Waals surface area (Å²) in [6.07, 6.45) is 2.86. The number of nitrogens with zero attached hydrogens (tertiary/aromatic N) is 3. The second-order valence-electron chi connectivity index (χ2n) is 7.43. The number of hydrogen-bond donors (Lipinski definition) is 1. The number of anilines is 2. The van der Waals surface area contributed by atoms with Gasteiger partial charge in [0.25, 0.3) is 11.6 Å². The molecule has 2 amide bonds. The van der Waals surface area contributed by atoms with Gasteiger partial charge in [-0.2, -0.15) is 8.78 Å². The Labute approximate surface area is 217 Å². The van der Waals surface area contributed by atoms with Gasteiger partial charge in [0.1, 0.15) is 23.0 Å². The summed E-state index contributed by atoms with van der Waals surface area (Å²) >= 11 is 0.942. The van der Waals surface area contributed by atoms with Crippen molar-refractivity contribution in [3.63, 3.8) is 0 Å². The van der Waals surface area contributed by atoms with Crippen molar-refractivity contribution in [1.82, 2.24) is 0 Å². The van der Waals surface area contributed by atoms with Crippen LogP contribution in [0.3, 0.4) is 0 Å². The number of alkyl halides is 2. The number of halogens is 2. The van der Waals surface area contributed by atoms with Crippen molar-refractivity contribution in [1.29, 1.82) is 0 Å². The number of aliphatic imine (C=N–C) groups is 1. The van der Waals surface area contributed by atoms with E-state index in [0.717, 1.165) is 11.8 Å². The topological polar surface area (TPSA) is 137 Å². The number of non-ortho nitro benzene ring substituents is 1. The van der Waals surface area contributed by atoms with Crippen LogP contribution in [0.15, 0.2) is 76.0 Å². The average Bonchev–Trinajstić information content (AvgIpc) is 3.51. The molecular formula is C24H18F2N4O7S. The smallest absolute Gasteiger partial charge is 0.387 e. The highest BCUT2D eigenvalue weighted by atomic mass is 32.2. The number of thioether (sulfide) groups is 1. The molecule has 14 heteroatoms. The summed E-state index contributed by atoms with van der Waals surface area (Å²) in [7, 11) is 1.31. The van der Waals surface area contributed by atoms with Crippen LogP contribution in [0.5, 0.6) is 11.5 Å². The summed E-state index contributed by atoms with van der Waals surface area (Å²) in [6.45, 7) is -3.00. The minimum atomic E-state index is -3.00. The molecule has 0 bridgehead atoms. The monoisotopic (exact) mass is 544 g/mol. The second kappa shape index (κ2) is 11.6. The van der Waals surface area contributed by atoms with Crippen LogP contribution >= 0.6 is 11.8 Å². The lowest BCUT2D eigenvalue weighted by molar-refractivity contribution is -0.384. The molecule has 1 aliphatic rings. The first-order valence-corrected chi connectivity index (χ1v) is 11.7. The molecule has 1 aromatic heterocycles. The number of carbonyl (C=O) groups is 2. The highest BCUT2D eigenvalue weighted by molar-refractivity contribution is 8.14. The third kappa shape index (κ3) is 6.15. The number of hydrogen-bond acceptors (Lipinski definition) is 9. The maximum atomic E-state index is 13.2. The quantitative estimate of drug-likeness (QED) is 0.228. The Hall–Kier alpha value is -4.72. The van der Waals surface area contributed by atoms with E-state index >= 15 is 0 Å². The van der Waals surface area contributed by atoms with Crippen molar-refractivity contribution >= 4 is 51.9 Å². The summed E-state index contributed by atoms with van der Waals surface area (Å²) in [5.74, 6) is -0.826. The van der Waals surface area contributed by atoms with Crippen LogP contribution in [-0.4, -0.2) is 41.4 Å². The summed E-state index contributed by atoms with van der Waals surface area (Å²) < 4.78 is 39.8. The van der Waals surface area contributed by atoms with Gasteiger partial charge in [0.15, 0.2) is 5.17 Å². The zero-order chi connectivity index (χ0) is 27.2. The highest BCUT2D eigenvalue weighted by Gasteiger charge is 2.33. The second-order valence-corrected chi connectivity index (χ2v) is 8.37. The molecule has 0 saturated carbocycles. The van der Waals surface area contributed by atoms with Crippen LogP contribution in [-0.2, 0) is 9.59 Å². The van der Waals surface area contributed by atoms with Crippen molar-refractivity contribution in [3.8, 4) is 11.5 Å². The molecule has 0 aliphatic carbocycles. The molecule has 2 heterocycles. The van der Waals surface area contributed by atoms with Crippen molar-refractivity contribution in [2.45, 2.75) is 6.61 Å². The number of nitrogens with one attached hydrogen (secondary N) is 1. The Bertz CT molecular complexity index is 1410. The molecule has 1 aliphatic heterocycles. The van der Waals surface area contributed by atoms with Crippen molar-refractivity contribution < 1.29 is 37.2 Å². The lowest BCUT2D eigenvalue weighted by atomic mass is 10.2. The van der Waals surface area contributed by atoms with E-state index in [9.17, 15) is 28.5 Å². The molecule has 0 radical (unpaired) electrons. The number of rotatable bonds is 9. The summed E-state index contributed by atoms with van der Waals surface area (Å²) in [5.41, 5.74) is 0.360. The first-order valence-electron chi connectivity index (χ1n) is 10.7. The van der Waals surface area contributed by atoms with E-state index in [4.69, 9.17) is 9.15 Å². The van der Waals surface area contributed by atoms with E-state index in [-0.39, 0.29) is 39.5 Å². The fourth-order valence-corrected chi connectivity index (χ4v) is 4.13. The van der Waals surface area contributed by atoms with Gasteiger partial charge < -0.3 is 19.2 Å². The number of amides is 2. The number of nitro benzene ring substituents is 1. The van der Waals surface area contributed by atoms with Gasteiger partial charge in [-0.3, -0.25) is 24.6 Å². The lowest BCUT2D eigenvalue weighted by Gasteiger charge is -2.18. The van der Waals surface area contributed by atoms with Gasteiger partial charge in [0.05, 0.1) is 41.5 Å². The van der Waals surface area contributed by atoms with Crippen LogP contribution in [0.4, 0.5) is 25.8 Å². The largest absolute Gasteiger partial charge is 0.494 e. The van der Waals surface area contributed by atoms with Gasteiger partial charge in [-0.15, -0.1) is 0 Å². The molecule has 38 heavy (non-hydrogen) atoms. The number of amidine groups is 1. The van der Waals surface area contributed by atoms with Gasteiger partial charge >= 0.3 is 6.61 Å². The van der Waals surface area contributed by atoms with E-state index in [1.165, 1.54) is 66.8 Å². The van der Waals surface area contributed by atoms with Gasteiger partial charge in [0.2, 0.25) is 5.91 Å². The van der Waals surface area contributed by atoms with Crippen LogP contribution < -0.4 is 19.7 Å². The van der Waals surface area contributed by atoms with E-state index < -0.39 is 23.3 Å². The van der Waals surface area contributed by atoms with Gasteiger partial charge in [-0.1, -0.05) is 11.8 Å². The molecular weight excluding hydrogens is 526 g/mol. The third-order valence-corrected chi connectivity index (χ3v) is 5.91. The van der Waals surface area contributed by atoms with Crippen molar-refractivity contribution in [2.24, 2.45) is 4.99 Å². The summed E-state index contributed by atoms with van der Waals surface area (Å²) in [5, 5.41) is 13.7. The van der Waals surface area contributed by atoms with E-state index in [1.807, 2.05) is 0 Å². The van der Waals surface area contributed by atoms with Crippen LogP contribution in [0.2, 0.25) is 0 Å². The summed E-state index contributed by atoms with van der Waals surface area (Å²) in [6, 6.07) is 12.4. The number of furan rings is 1. The molecule has 0 saturated heterocycles. The summed E-state index contributed by atoms with van der Waals surface area (Å²) in [4.78, 5) is 41.8. The van der Waals surface area contributed by atoms with Crippen LogP contribution in [0.1, 0.15) is 5.76 Å². The molecule has 196 valence electrons. The zero-order valence-corrected chi connectivity index (χ0v) is 20.3. The van der Waals surface area contributed by atoms with Crippen LogP contribution in [0, 0.1) is 10.1 Å². The number of ether oxygens (including phenoxy) is 2. The Balaban J connectivity index is 1.53. The Morgan fingerprint density at radius 2 is 2.03 bits per heavy atom. The predicted octanol–water partition coefficient (Wildman–Crippen LogP) is 4.91. The van der Waals surface area contributed by atoms with Crippen molar-refractivity contribution in [2.75, 3.05) is 23.1 Å². The fourth-order valence-electron chi connectivity index (χ4n) is 3.32. The normalized spacial score (nSPS) is 14.1. The molecule has 4 rings (SSSR count). The first kappa shape index (κ1) is 26.3. The van der Waals surface area contributed by atoms with Crippen molar-refractivity contribution in [3.05, 3.63) is 82.4 Å². The molecule has 0 atom stereocenters. The zero-order valence-electron chi connectivity index (χ0n) is 19.5.